The van der Waals surface area contributed by atoms with Gasteiger partial charge in [0.25, 0.3) is 0 Å². The second-order valence-corrected chi connectivity index (χ2v) is 13.2. The molecule has 3 aromatic rings. The largest absolute Gasteiger partial charge is 0.358 e. The first-order valence-corrected chi connectivity index (χ1v) is 15.4. The lowest BCUT2D eigenvalue weighted by Crippen LogP contribution is -2.52. The second-order valence-electron chi connectivity index (χ2n) is 11.2. The van der Waals surface area contributed by atoms with Crippen LogP contribution in [0.2, 0.25) is 0 Å². The van der Waals surface area contributed by atoms with Crippen LogP contribution in [0.5, 0.6) is 0 Å². The molecule has 1 saturated carbocycles. The maximum absolute atomic E-state index is 14.0. The van der Waals surface area contributed by atoms with Gasteiger partial charge in [0.15, 0.2) is 21.5 Å². The molecule has 1 saturated heterocycles. The maximum atomic E-state index is 14.0. The molecule has 1 aliphatic carbocycles. The van der Waals surface area contributed by atoms with Gasteiger partial charge >= 0.3 is 0 Å². The minimum atomic E-state index is -3.56. The summed E-state index contributed by atoms with van der Waals surface area (Å²) >= 11 is 0. The zero-order valence-electron chi connectivity index (χ0n) is 22.9. The average molecular weight is 572 g/mol. The summed E-state index contributed by atoms with van der Waals surface area (Å²) in [4.78, 5) is 26.3. The molecule has 1 amide bonds. The van der Waals surface area contributed by atoms with Crippen LogP contribution >= 0.6 is 0 Å². The topological polar surface area (TPSA) is 95.5 Å². The van der Waals surface area contributed by atoms with Gasteiger partial charge in [0.05, 0.1) is 16.2 Å². The van der Waals surface area contributed by atoms with Crippen LogP contribution in [0.15, 0.2) is 53.7 Å². The number of likely N-dealkylation sites (tertiary alicyclic amines) is 1. The summed E-state index contributed by atoms with van der Waals surface area (Å²) in [6.07, 6.45) is 3.98. The SMILES string of the molecule is CC(C)N(C)[C@@H]1CC[C@H](N2CCC(Nc3ncnc4cc(F)c(F)cc34)C2=O)[C@H](CS(=O)(=O)c2ccccc2)C1. The minimum absolute atomic E-state index is 0.0343. The third kappa shape index (κ3) is 5.67. The fraction of sp³-hybridized carbons (Fsp3) is 0.483. The van der Waals surface area contributed by atoms with Gasteiger partial charge < -0.3 is 15.1 Å². The van der Waals surface area contributed by atoms with Crippen molar-refractivity contribution < 1.29 is 22.0 Å². The van der Waals surface area contributed by atoms with Crippen molar-refractivity contribution in [1.82, 2.24) is 19.8 Å². The van der Waals surface area contributed by atoms with Crippen molar-refractivity contribution in [3.05, 3.63) is 60.4 Å². The molecule has 4 atom stereocenters. The van der Waals surface area contributed by atoms with Gasteiger partial charge in [0.1, 0.15) is 18.2 Å². The summed E-state index contributed by atoms with van der Waals surface area (Å²) in [5.41, 5.74) is 0.234. The second kappa shape index (κ2) is 11.4. The Labute approximate surface area is 233 Å². The molecule has 8 nitrogen and oxygen atoms in total. The van der Waals surface area contributed by atoms with Gasteiger partial charge in [0.2, 0.25) is 5.91 Å². The standard InChI is InChI=1S/C29H35F2N5O3S/c1-18(2)35(3)20-9-10-27(19(13-20)16-40(38,39)21-7-5-4-6-8-21)36-12-11-25(29(36)37)34-28-22-14-23(30)24(31)15-26(22)32-17-33-28/h4-8,14-15,17-20,25,27H,9-13,16H2,1-3H3,(H,32,33,34)/t19-,20+,25?,27-/m0/s1. The van der Waals surface area contributed by atoms with E-state index < -0.39 is 27.5 Å². The molecule has 1 N–H and O–H groups in total. The lowest BCUT2D eigenvalue weighted by molar-refractivity contribution is -0.132. The Morgan fingerprint density at radius 2 is 1.80 bits per heavy atom. The molecule has 1 unspecified atom stereocenters. The number of carbonyl (C=O) groups excluding carboxylic acids is 1. The predicted octanol–water partition coefficient (Wildman–Crippen LogP) is 4.27. The van der Waals surface area contributed by atoms with Gasteiger partial charge in [-0.15, -0.1) is 0 Å². The lowest BCUT2D eigenvalue weighted by Gasteiger charge is -2.44. The van der Waals surface area contributed by atoms with Crippen LogP contribution in [0.1, 0.15) is 39.5 Å². The van der Waals surface area contributed by atoms with E-state index >= 15 is 0 Å². The molecule has 1 aliphatic heterocycles. The Morgan fingerprint density at radius 3 is 2.52 bits per heavy atom. The van der Waals surface area contributed by atoms with Crippen molar-refractivity contribution in [1.29, 1.82) is 0 Å². The van der Waals surface area contributed by atoms with E-state index in [0.29, 0.717) is 36.7 Å². The lowest BCUT2D eigenvalue weighted by atomic mass is 9.81. The summed E-state index contributed by atoms with van der Waals surface area (Å²) in [6.45, 7) is 4.72. The molecule has 40 heavy (non-hydrogen) atoms. The molecule has 214 valence electrons. The quantitative estimate of drug-likeness (QED) is 0.432. The number of benzene rings is 2. The van der Waals surface area contributed by atoms with Crippen molar-refractivity contribution in [2.75, 3.05) is 24.7 Å². The Balaban J connectivity index is 1.38. The van der Waals surface area contributed by atoms with Crippen molar-refractivity contribution in [2.45, 2.75) is 68.6 Å². The number of fused-ring (bicyclic) bond motifs is 1. The number of amides is 1. The summed E-state index contributed by atoms with van der Waals surface area (Å²) < 4.78 is 54.6. The molecule has 2 aromatic carbocycles. The number of halogens is 2. The van der Waals surface area contributed by atoms with Crippen molar-refractivity contribution >= 4 is 32.5 Å². The van der Waals surface area contributed by atoms with E-state index in [1.807, 2.05) is 4.90 Å². The fourth-order valence-corrected chi connectivity index (χ4v) is 7.79. The normalized spacial score (nSPS) is 23.9. The highest BCUT2D eigenvalue weighted by molar-refractivity contribution is 7.91. The first kappa shape index (κ1) is 28.4. The third-order valence-electron chi connectivity index (χ3n) is 8.47. The molecule has 11 heteroatoms. The predicted molar refractivity (Wildman–Crippen MR) is 150 cm³/mol. The smallest absolute Gasteiger partial charge is 0.245 e. The number of nitrogens with one attached hydrogen (secondary N) is 1. The highest BCUT2D eigenvalue weighted by Gasteiger charge is 2.44. The Morgan fingerprint density at radius 1 is 1.07 bits per heavy atom. The van der Waals surface area contributed by atoms with Crippen molar-refractivity contribution in [3.8, 4) is 0 Å². The van der Waals surface area contributed by atoms with E-state index in [4.69, 9.17) is 0 Å². The highest BCUT2D eigenvalue weighted by atomic mass is 32.2. The summed E-state index contributed by atoms with van der Waals surface area (Å²) in [7, 11) is -1.49. The van der Waals surface area contributed by atoms with Crippen LogP contribution < -0.4 is 5.32 Å². The number of carbonyl (C=O) groups is 1. The van der Waals surface area contributed by atoms with E-state index in [2.05, 4.69) is 41.1 Å². The summed E-state index contributed by atoms with van der Waals surface area (Å²) in [5.74, 6) is -2.17. The molecular weight excluding hydrogens is 536 g/mol. The Hall–Kier alpha value is -3.18. The number of nitrogens with zero attached hydrogens (tertiary/aromatic N) is 4. The van der Waals surface area contributed by atoms with E-state index in [1.54, 1.807) is 30.3 Å². The fourth-order valence-electron chi connectivity index (χ4n) is 6.11. The van der Waals surface area contributed by atoms with Gasteiger partial charge in [0, 0.05) is 36.1 Å². The monoisotopic (exact) mass is 571 g/mol. The van der Waals surface area contributed by atoms with Crippen LogP contribution in [0.4, 0.5) is 14.6 Å². The number of anilines is 1. The van der Waals surface area contributed by atoms with Gasteiger partial charge in [-0.05, 0) is 70.7 Å². The number of hydrogen-bond acceptors (Lipinski definition) is 7. The van der Waals surface area contributed by atoms with Gasteiger partial charge in [-0.25, -0.2) is 27.2 Å². The third-order valence-corrected chi connectivity index (χ3v) is 10.3. The zero-order chi connectivity index (χ0) is 28.6. The van der Waals surface area contributed by atoms with Crippen LogP contribution in [0.3, 0.4) is 0 Å². The van der Waals surface area contributed by atoms with Gasteiger partial charge in [-0.1, -0.05) is 18.2 Å². The molecule has 1 aromatic heterocycles. The average Bonchev–Trinajstić information content (AvgIpc) is 3.29. The first-order chi connectivity index (χ1) is 19.0. The minimum Gasteiger partial charge on any atom is -0.358 e. The van der Waals surface area contributed by atoms with Crippen LogP contribution in [-0.4, -0.2) is 77.6 Å². The van der Waals surface area contributed by atoms with Crippen LogP contribution in [-0.2, 0) is 14.6 Å². The molecule has 2 heterocycles. The molecule has 5 rings (SSSR count). The number of hydrogen-bond donors (Lipinski definition) is 1. The Bertz CT molecular complexity index is 1490. The molecule has 2 fully saturated rings. The number of aromatic nitrogens is 2. The number of sulfone groups is 1. The molecule has 2 aliphatic rings. The van der Waals surface area contributed by atoms with Crippen LogP contribution in [0.25, 0.3) is 10.9 Å². The van der Waals surface area contributed by atoms with Crippen molar-refractivity contribution in [3.63, 3.8) is 0 Å². The van der Waals surface area contributed by atoms with Crippen LogP contribution in [0, 0.1) is 17.6 Å². The van der Waals surface area contributed by atoms with E-state index in [9.17, 15) is 22.0 Å². The van der Waals surface area contributed by atoms with E-state index in [1.165, 1.54) is 6.33 Å². The van der Waals surface area contributed by atoms with E-state index in [-0.39, 0.29) is 46.4 Å². The van der Waals surface area contributed by atoms with E-state index in [0.717, 1.165) is 18.6 Å². The van der Waals surface area contributed by atoms with Crippen molar-refractivity contribution in [2.24, 2.45) is 5.92 Å². The van der Waals surface area contributed by atoms with Gasteiger partial charge in [-0.2, -0.15) is 0 Å². The first-order valence-electron chi connectivity index (χ1n) is 13.7. The summed E-state index contributed by atoms with van der Waals surface area (Å²) in [6, 6.07) is 10.2. The molecular formula is C29H35F2N5O3S. The maximum Gasteiger partial charge on any atom is 0.245 e. The summed E-state index contributed by atoms with van der Waals surface area (Å²) in [5, 5.41) is 3.41. The molecule has 0 spiro atoms. The Kier molecular flexibility index (Phi) is 8.05. The van der Waals surface area contributed by atoms with Gasteiger partial charge in [-0.3, -0.25) is 4.79 Å². The molecule has 0 bridgehead atoms. The highest BCUT2D eigenvalue weighted by Crippen LogP contribution is 2.36. The zero-order valence-corrected chi connectivity index (χ0v) is 23.7. The molecule has 0 radical (unpaired) electrons. The number of rotatable bonds is 8.